The van der Waals surface area contributed by atoms with Gasteiger partial charge in [-0.2, -0.15) is 0 Å². The van der Waals surface area contributed by atoms with Gasteiger partial charge in [-0.3, -0.25) is 14.4 Å². The van der Waals surface area contributed by atoms with Crippen molar-refractivity contribution >= 4 is 11.7 Å². The number of nitrogens with one attached hydrogen (secondary N) is 2. The van der Waals surface area contributed by atoms with Crippen molar-refractivity contribution in [2.45, 2.75) is 39.2 Å². The minimum Gasteiger partial charge on any atom is -0.355 e. The van der Waals surface area contributed by atoms with Gasteiger partial charge in [-0.15, -0.1) is 0 Å². The first kappa shape index (κ1) is 22.2. The fourth-order valence-corrected chi connectivity index (χ4v) is 4.06. The van der Waals surface area contributed by atoms with Crippen LogP contribution in [0.15, 0.2) is 60.7 Å². The Hall–Kier alpha value is -2.50. The van der Waals surface area contributed by atoms with Crippen LogP contribution in [0.3, 0.4) is 0 Å². The van der Waals surface area contributed by atoms with Crippen LogP contribution in [0.4, 0.5) is 0 Å². The van der Waals surface area contributed by atoms with Crippen molar-refractivity contribution in [1.82, 2.24) is 10.8 Å². The lowest BCUT2D eigenvalue weighted by molar-refractivity contribution is -0.136. The molecule has 5 heteroatoms. The minimum absolute atomic E-state index is 0.00163. The summed E-state index contributed by atoms with van der Waals surface area (Å²) in [6.45, 7) is 3.54. The summed E-state index contributed by atoms with van der Waals surface area (Å²) < 4.78 is 0. The summed E-state index contributed by atoms with van der Waals surface area (Å²) in [5, 5.41) is 2.91. The topological polar surface area (TPSA) is 67.4 Å². The number of Topliss-reactive ketones (excluding diaryl/α,β-unsaturated/α-hetero) is 1. The normalized spacial score (nSPS) is 19.4. The quantitative estimate of drug-likeness (QED) is 0.319. The highest BCUT2D eigenvalue weighted by Gasteiger charge is 2.42. The third-order valence-electron chi connectivity index (χ3n) is 5.76. The first-order valence-corrected chi connectivity index (χ1v) is 10.9. The van der Waals surface area contributed by atoms with Crippen molar-refractivity contribution in [3.63, 3.8) is 0 Å². The number of rotatable bonds is 12. The summed E-state index contributed by atoms with van der Waals surface area (Å²) in [4.78, 5) is 31.5. The van der Waals surface area contributed by atoms with E-state index in [9.17, 15) is 9.59 Å². The molecule has 1 aliphatic heterocycles. The van der Waals surface area contributed by atoms with Gasteiger partial charge < -0.3 is 5.32 Å². The fourth-order valence-electron chi connectivity index (χ4n) is 4.06. The van der Waals surface area contributed by atoms with Crippen LogP contribution in [-0.4, -0.2) is 24.8 Å². The summed E-state index contributed by atoms with van der Waals surface area (Å²) in [5.41, 5.74) is 5.20. The van der Waals surface area contributed by atoms with Crippen molar-refractivity contribution in [3.8, 4) is 0 Å². The maximum atomic E-state index is 13.4. The molecule has 1 amide bonds. The molecule has 1 saturated heterocycles. The van der Waals surface area contributed by atoms with E-state index in [1.807, 2.05) is 48.5 Å². The van der Waals surface area contributed by atoms with E-state index in [0.717, 1.165) is 36.8 Å². The summed E-state index contributed by atoms with van der Waals surface area (Å²) in [7, 11) is 0. The molecule has 2 aromatic rings. The Morgan fingerprint density at radius 2 is 1.77 bits per heavy atom. The largest absolute Gasteiger partial charge is 0.355 e. The molecule has 0 spiro atoms. The second-order valence-electron chi connectivity index (χ2n) is 8.04. The van der Waals surface area contributed by atoms with Crippen molar-refractivity contribution < 1.29 is 14.4 Å². The fraction of sp³-hybridized carbons (Fsp3) is 0.440. The highest BCUT2D eigenvalue weighted by atomic mass is 16.6. The summed E-state index contributed by atoms with van der Waals surface area (Å²) in [5.74, 6) is -0.902. The number of unbranched alkanes of at least 4 members (excludes halogenated alkanes) is 1. The van der Waals surface area contributed by atoms with Gasteiger partial charge in [0.1, 0.15) is 11.7 Å². The zero-order valence-corrected chi connectivity index (χ0v) is 17.7. The van der Waals surface area contributed by atoms with Crippen molar-refractivity contribution in [3.05, 3.63) is 71.8 Å². The van der Waals surface area contributed by atoms with Gasteiger partial charge in [-0.25, -0.2) is 5.48 Å². The minimum atomic E-state index is -0.581. The highest BCUT2D eigenvalue weighted by Crippen LogP contribution is 2.27. The molecule has 1 aliphatic rings. The van der Waals surface area contributed by atoms with Gasteiger partial charge in [-0.1, -0.05) is 80.4 Å². The van der Waals surface area contributed by atoms with Crippen LogP contribution in [0.5, 0.6) is 0 Å². The van der Waals surface area contributed by atoms with Crippen molar-refractivity contribution in [2.75, 3.05) is 13.1 Å². The van der Waals surface area contributed by atoms with Crippen LogP contribution in [0.25, 0.3) is 0 Å². The van der Waals surface area contributed by atoms with E-state index in [0.29, 0.717) is 19.7 Å². The molecule has 0 saturated carbocycles. The molecule has 1 heterocycles. The van der Waals surface area contributed by atoms with Gasteiger partial charge in [0.15, 0.2) is 0 Å². The number of carbonyl (C=O) groups excluding carboxylic acids is 2. The molecule has 0 bridgehead atoms. The Labute approximate surface area is 179 Å². The lowest BCUT2D eigenvalue weighted by Crippen LogP contribution is -2.38. The molecule has 3 atom stereocenters. The molecule has 2 aromatic carbocycles. The molecule has 160 valence electrons. The number of hydrogen-bond donors (Lipinski definition) is 2. The Morgan fingerprint density at radius 1 is 1.10 bits per heavy atom. The Balaban J connectivity index is 1.59. The molecule has 0 aliphatic carbocycles. The molecular formula is C25H32N2O3. The van der Waals surface area contributed by atoms with E-state index in [1.165, 1.54) is 0 Å². The highest BCUT2D eigenvalue weighted by molar-refractivity contribution is 6.04. The number of carbonyl (C=O) groups is 2. The summed E-state index contributed by atoms with van der Waals surface area (Å²) in [6, 6.07) is 20.0. The second-order valence-corrected chi connectivity index (χ2v) is 8.04. The molecule has 5 nitrogen and oxygen atoms in total. The Morgan fingerprint density at radius 3 is 2.43 bits per heavy atom. The van der Waals surface area contributed by atoms with Gasteiger partial charge in [0, 0.05) is 19.0 Å². The molecule has 1 fully saturated rings. The first-order valence-electron chi connectivity index (χ1n) is 10.9. The number of ketones is 1. The first-order chi connectivity index (χ1) is 14.7. The molecule has 3 unspecified atom stereocenters. The lowest BCUT2D eigenvalue weighted by Gasteiger charge is -2.22. The molecule has 30 heavy (non-hydrogen) atoms. The van der Waals surface area contributed by atoms with E-state index in [-0.39, 0.29) is 23.5 Å². The predicted octanol–water partition coefficient (Wildman–Crippen LogP) is 3.69. The molecule has 3 rings (SSSR count). The standard InChI is InChI=1S/C25H32N2O3/c1-2-3-14-21(17-27-30-18-20-12-8-5-9-13-20)24(28)23-22(16-26-25(23)29)15-19-10-6-4-7-11-19/h4-13,21-23,27H,2-3,14-18H2,1H3,(H,26,29). The van der Waals surface area contributed by atoms with Crippen LogP contribution < -0.4 is 10.8 Å². The van der Waals surface area contributed by atoms with E-state index in [1.54, 1.807) is 0 Å². The monoisotopic (exact) mass is 408 g/mol. The van der Waals surface area contributed by atoms with Gasteiger partial charge in [0.2, 0.25) is 5.91 Å². The maximum absolute atomic E-state index is 13.4. The summed E-state index contributed by atoms with van der Waals surface area (Å²) in [6.07, 6.45) is 3.46. The third-order valence-corrected chi connectivity index (χ3v) is 5.76. The Bertz CT molecular complexity index is 795. The van der Waals surface area contributed by atoms with Gasteiger partial charge in [0.25, 0.3) is 0 Å². The van der Waals surface area contributed by atoms with Crippen LogP contribution in [-0.2, 0) is 27.5 Å². The van der Waals surface area contributed by atoms with Crippen molar-refractivity contribution in [1.29, 1.82) is 0 Å². The lowest BCUT2D eigenvalue weighted by atomic mass is 9.80. The predicted molar refractivity (Wildman–Crippen MR) is 117 cm³/mol. The van der Waals surface area contributed by atoms with E-state index >= 15 is 0 Å². The average molecular weight is 409 g/mol. The zero-order chi connectivity index (χ0) is 21.2. The smallest absolute Gasteiger partial charge is 0.230 e. The van der Waals surface area contributed by atoms with Gasteiger partial charge in [-0.05, 0) is 29.9 Å². The third kappa shape index (κ3) is 6.25. The molecular weight excluding hydrogens is 376 g/mol. The van der Waals surface area contributed by atoms with Crippen LogP contribution >= 0.6 is 0 Å². The number of amides is 1. The summed E-state index contributed by atoms with van der Waals surface area (Å²) >= 11 is 0. The van der Waals surface area contributed by atoms with E-state index in [2.05, 4.69) is 29.9 Å². The van der Waals surface area contributed by atoms with Crippen LogP contribution in [0.2, 0.25) is 0 Å². The number of hydroxylamine groups is 1. The van der Waals surface area contributed by atoms with Crippen molar-refractivity contribution in [2.24, 2.45) is 17.8 Å². The average Bonchev–Trinajstić information content (AvgIpc) is 3.14. The van der Waals surface area contributed by atoms with E-state index in [4.69, 9.17) is 4.84 Å². The number of hydrogen-bond acceptors (Lipinski definition) is 4. The van der Waals surface area contributed by atoms with Gasteiger partial charge >= 0.3 is 0 Å². The van der Waals surface area contributed by atoms with E-state index < -0.39 is 5.92 Å². The SMILES string of the molecule is CCCCC(CNOCc1ccccc1)C(=O)C1C(=O)NCC1Cc1ccccc1. The second kappa shape index (κ2) is 11.6. The van der Waals surface area contributed by atoms with Crippen LogP contribution in [0, 0.1) is 17.8 Å². The Kier molecular flexibility index (Phi) is 8.60. The van der Waals surface area contributed by atoms with Gasteiger partial charge in [0.05, 0.1) is 6.61 Å². The van der Waals surface area contributed by atoms with Crippen LogP contribution in [0.1, 0.15) is 37.3 Å². The number of benzene rings is 2. The zero-order valence-electron chi connectivity index (χ0n) is 17.7. The molecule has 0 aromatic heterocycles. The molecule has 0 radical (unpaired) electrons. The molecule has 2 N–H and O–H groups in total. The maximum Gasteiger partial charge on any atom is 0.230 e.